The second kappa shape index (κ2) is 7.49. The average Bonchev–Trinajstić information content (AvgIpc) is 2.49. The molecule has 1 saturated carbocycles. The van der Waals surface area contributed by atoms with Gasteiger partial charge >= 0.3 is 0 Å². The number of hydrogen-bond acceptors (Lipinski definition) is 5. The Hall–Kier alpha value is -1.50. The highest BCUT2D eigenvalue weighted by Crippen LogP contribution is 2.24. The molecule has 3 unspecified atom stereocenters. The van der Waals surface area contributed by atoms with Gasteiger partial charge in [-0.15, -0.1) is 0 Å². The van der Waals surface area contributed by atoms with Crippen LogP contribution in [-0.2, 0) is 0 Å². The Morgan fingerprint density at radius 1 is 1.29 bits per heavy atom. The molecule has 116 valence electrons. The molecule has 0 aliphatic heterocycles. The van der Waals surface area contributed by atoms with Crippen molar-refractivity contribution in [2.24, 2.45) is 5.92 Å². The van der Waals surface area contributed by atoms with Gasteiger partial charge in [0.25, 0.3) is 5.69 Å². The summed E-state index contributed by atoms with van der Waals surface area (Å²) in [6.45, 7) is 1.06. The van der Waals surface area contributed by atoms with E-state index in [-0.39, 0.29) is 17.7 Å². The van der Waals surface area contributed by atoms with Crippen LogP contribution in [0.15, 0.2) is 24.3 Å². The van der Waals surface area contributed by atoms with Crippen molar-refractivity contribution in [2.75, 3.05) is 13.1 Å². The van der Waals surface area contributed by atoms with Crippen molar-refractivity contribution >= 4 is 5.69 Å². The first kappa shape index (κ1) is 15.9. The van der Waals surface area contributed by atoms with E-state index < -0.39 is 11.0 Å². The van der Waals surface area contributed by atoms with E-state index in [1.807, 2.05) is 0 Å². The summed E-state index contributed by atoms with van der Waals surface area (Å²) in [5.41, 5.74) is 0.668. The maximum Gasteiger partial charge on any atom is 0.269 e. The summed E-state index contributed by atoms with van der Waals surface area (Å²) in [4.78, 5) is 10.1. The van der Waals surface area contributed by atoms with Crippen molar-refractivity contribution in [2.45, 2.75) is 37.9 Å². The van der Waals surface area contributed by atoms with Crippen LogP contribution in [-0.4, -0.2) is 34.3 Å². The first-order valence-corrected chi connectivity index (χ1v) is 7.39. The van der Waals surface area contributed by atoms with E-state index in [0.29, 0.717) is 18.7 Å². The number of nitrogens with one attached hydrogen (secondary N) is 1. The molecule has 3 atom stereocenters. The number of non-ortho nitro benzene ring substituents is 1. The maximum atomic E-state index is 10.6. The fraction of sp³-hybridized carbons (Fsp3) is 0.600. The molecule has 6 nitrogen and oxygen atoms in total. The van der Waals surface area contributed by atoms with Crippen LogP contribution >= 0.6 is 0 Å². The van der Waals surface area contributed by atoms with E-state index in [2.05, 4.69) is 5.32 Å². The predicted molar refractivity (Wildman–Crippen MR) is 78.9 cm³/mol. The average molecular weight is 294 g/mol. The zero-order chi connectivity index (χ0) is 15.2. The van der Waals surface area contributed by atoms with Crippen molar-refractivity contribution in [3.05, 3.63) is 39.9 Å². The molecule has 1 aliphatic rings. The van der Waals surface area contributed by atoms with Crippen LogP contribution in [0.3, 0.4) is 0 Å². The zero-order valence-electron chi connectivity index (χ0n) is 11.9. The molecule has 1 fully saturated rings. The standard InChI is InChI=1S/C15H22N2O4/c18-14-4-2-1-3-12(14)9-16-10-15(19)11-5-7-13(8-6-11)17(20)21/h5-8,12,14-16,18-19H,1-4,9-10H2. The van der Waals surface area contributed by atoms with Crippen LogP contribution in [0.1, 0.15) is 37.4 Å². The van der Waals surface area contributed by atoms with E-state index >= 15 is 0 Å². The van der Waals surface area contributed by atoms with Crippen LogP contribution in [0.2, 0.25) is 0 Å². The zero-order valence-corrected chi connectivity index (χ0v) is 11.9. The molecule has 0 heterocycles. The highest BCUT2D eigenvalue weighted by atomic mass is 16.6. The number of nitro groups is 1. The Bertz CT molecular complexity index is 463. The SMILES string of the molecule is O=[N+]([O-])c1ccc(C(O)CNCC2CCCCC2O)cc1. The van der Waals surface area contributed by atoms with Gasteiger partial charge in [0.05, 0.1) is 17.1 Å². The lowest BCUT2D eigenvalue weighted by Gasteiger charge is -2.28. The van der Waals surface area contributed by atoms with Gasteiger partial charge in [0, 0.05) is 25.2 Å². The van der Waals surface area contributed by atoms with Gasteiger partial charge in [0.2, 0.25) is 0 Å². The number of hydrogen-bond donors (Lipinski definition) is 3. The second-order valence-corrected chi connectivity index (χ2v) is 5.63. The van der Waals surface area contributed by atoms with Crippen molar-refractivity contribution in [3.63, 3.8) is 0 Å². The molecule has 1 aromatic rings. The molecule has 3 N–H and O–H groups in total. The van der Waals surface area contributed by atoms with Crippen LogP contribution in [0.5, 0.6) is 0 Å². The number of nitro benzene ring substituents is 1. The Morgan fingerprint density at radius 2 is 1.95 bits per heavy atom. The van der Waals surface area contributed by atoms with Gasteiger partial charge in [0.1, 0.15) is 0 Å². The maximum absolute atomic E-state index is 10.6. The number of aliphatic hydroxyl groups is 2. The smallest absolute Gasteiger partial charge is 0.269 e. The van der Waals surface area contributed by atoms with Crippen LogP contribution in [0, 0.1) is 16.0 Å². The minimum Gasteiger partial charge on any atom is -0.393 e. The summed E-state index contributed by atoms with van der Waals surface area (Å²) in [5, 5.41) is 33.7. The quantitative estimate of drug-likeness (QED) is 0.549. The van der Waals surface area contributed by atoms with E-state index in [4.69, 9.17) is 0 Å². The minimum absolute atomic E-state index is 0.0178. The molecule has 0 radical (unpaired) electrons. The second-order valence-electron chi connectivity index (χ2n) is 5.63. The van der Waals surface area contributed by atoms with E-state index in [9.17, 15) is 20.3 Å². The van der Waals surface area contributed by atoms with Gasteiger partial charge in [-0.05, 0) is 36.5 Å². The Morgan fingerprint density at radius 3 is 2.57 bits per heavy atom. The third kappa shape index (κ3) is 4.49. The molecule has 0 bridgehead atoms. The van der Waals surface area contributed by atoms with Gasteiger partial charge in [-0.25, -0.2) is 0 Å². The Kier molecular flexibility index (Phi) is 5.67. The number of nitrogens with zero attached hydrogens (tertiary/aromatic N) is 1. The molecular weight excluding hydrogens is 272 g/mol. The van der Waals surface area contributed by atoms with E-state index in [1.165, 1.54) is 12.1 Å². The predicted octanol–water partition coefficient (Wildman–Crippen LogP) is 1.77. The number of rotatable bonds is 6. The number of benzene rings is 1. The van der Waals surface area contributed by atoms with Crippen molar-refractivity contribution in [1.82, 2.24) is 5.32 Å². The third-order valence-corrected chi connectivity index (χ3v) is 4.10. The fourth-order valence-corrected chi connectivity index (χ4v) is 2.77. The summed E-state index contributed by atoms with van der Waals surface area (Å²) in [7, 11) is 0. The normalized spacial score (nSPS) is 23.7. The van der Waals surface area contributed by atoms with Gasteiger partial charge < -0.3 is 15.5 Å². The first-order valence-electron chi connectivity index (χ1n) is 7.39. The van der Waals surface area contributed by atoms with Crippen molar-refractivity contribution in [3.8, 4) is 0 Å². The summed E-state index contributed by atoms with van der Waals surface area (Å²) in [6, 6.07) is 5.92. The summed E-state index contributed by atoms with van der Waals surface area (Å²) < 4.78 is 0. The molecule has 21 heavy (non-hydrogen) atoms. The molecule has 0 aromatic heterocycles. The van der Waals surface area contributed by atoms with E-state index in [0.717, 1.165) is 25.7 Å². The molecule has 1 aliphatic carbocycles. The van der Waals surface area contributed by atoms with Crippen LogP contribution in [0.25, 0.3) is 0 Å². The summed E-state index contributed by atoms with van der Waals surface area (Å²) in [5.74, 6) is 0.253. The lowest BCUT2D eigenvalue weighted by Crippen LogP contribution is -2.35. The molecule has 6 heteroatoms. The minimum atomic E-state index is -0.702. The molecule has 0 saturated heterocycles. The molecule has 0 amide bonds. The highest BCUT2D eigenvalue weighted by Gasteiger charge is 2.22. The van der Waals surface area contributed by atoms with Crippen molar-refractivity contribution < 1.29 is 15.1 Å². The molecular formula is C15H22N2O4. The monoisotopic (exact) mass is 294 g/mol. The third-order valence-electron chi connectivity index (χ3n) is 4.10. The molecule has 0 spiro atoms. The molecule has 1 aromatic carbocycles. The van der Waals surface area contributed by atoms with Gasteiger partial charge in [-0.2, -0.15) is 0 Å². The fourth-order valence-electron chi connectivity index (χ4n) is 2.77. The van der Waals surface area contributed by atoms with Gasteiger partial charge in [0.15, 0.2) is 0 Å². The van der Waals surface area contributed by atoms with Crippen LogP contribution < -0.4 is 5.32 Å². The van der Waals surface area contributed by atoms with Crippen molar-refractivity contribution in [1.29, 1.82) is 0 Å². The topological polar surface area (TPSA) is 95.6 Å². The number of aliphatic hydroxyl groups excluding tert-OH is 2. The summed E-state index contributed by atoms with van der Waals surface area (Å²) in [6.07, 6.45) is 3.16. The van der Waals surface area contributed by atoms with Crippen LogP contribution in [0.4, 0.5) is 5.69 Å². The van der Waals surface area contributed by atoms with Gasteiger partial charge in [-0.1, -0.05) is 12.8 Å². The largest absolute Gasteiger partial charge is 0.393 e. The molecule has 2 rings (SSSR count). The lowest BCUT2D eigenvalue weighted by molar-refractivity contribution is -0.384. The highest BCUT2D eigenvalue weighted by molar-refractivity contribution is 5.33. The van der Waals surface area contributed by atoms with E-state index in [1.54, 1.807) is 12.1 Å². The Labute approximate surface area is 124 Å². The summed E-state index contributed by atoms with van der Waals surface area (Å²) >= 11 is 0. The lowest BCUT2D eigenvalue weighted by atomic mass is 9.86. The first-order chi connectivity index (χ1) is 10.1. The van der Waals surface area contributed by atoms with Gasteiger partial charge in [-0.3, -0.25) is 10.1 Å². The Balaban J connectivity index is 1.78.